The molecule has 0 bridgehead atoms. The van der Waals surface area contributed by atoms with Crippen molar-refractivity contribution >= 4 is 25.0 Å². The van der Waals surface area contributed by atoms with Crippen LogP contribution in [0.25, 0.3) is 0 Å². The first-order chi connectivity index (χ1) is 9.24. The van der Waals surface area contributed by atoms with Crippen molar-refractivity contribution in [3.63, 3.8) is 0 Å². The molecule has 0 aliphatic rings. The predicted molar refractivity (Wildman–Crippen MR) is 84.2 cm³/mol. The van der Waals surface area contributed by atoms with Crippen LogP contribution in [0.5, 0.6) is 11.5 Å². The zero-order chi connectivity index (χ0) is 13.7. The minimum absolute atomic E-state index is 0.331. The molecular weight excluding hydrogens is 276 g/mol. The molecule has 0 heterocycles. The van der Waals surface area contributed by atoms with Crippen molar-refractivity contribution in [1.29, 1.82) is 0 Å². The highest BCUT2D eigenvalue weighted by Gasteiger charge is 2.08. The fourth-order valence-corrected chi connectivity index (χ4v) is 2.34. The van der Waals surface area contributed by atoms with Crippen LogP contribution in [0.2, 0.25) is 0 Å². The van der Waals surface area contributed by atoms with Gasteiger partial charge in [-0.1, -0.05) is 31.2 Å². The van der Waals surface area contributed by atoms with Crippen LogP contribution in [0, 0.1) is 0 Å². The quantitative estimate of drug-likeness (QED) is 0.635. The van der Waals surface area contributed by atoms with E-state index in [9.17, 15) is 0 Å². The van der Waals surface area contributed by atoms with Crippen LogP contribution in [0.1, 0.15) is 24.0 Å². The van der Waals surface area contributed by atoms with Gasteiger partial charge in [0.1, 0.15) is 11.5 Å². The number of thiol groups is 1. The van der Waals surface area contributed by atoms with E-state index in [-0.39, 0.29) is 0 Å². The van der Waals surface area contributed by atoms with E-state index in [0.29, 0.717) is 5.92 Å². The monoisotopic (exact) mass is 292 g/mol. The number of hydrogen-bond donors (Lipinski definition) is 1. The summed E-state index contributed by atoms with van der Waals surface area (Å²) in [6.07, 6.45) is 1.90. The van der Waals surface area contributed by atoms with Crippen LogP contribution >= 0.6 is 25.0 Å². The van der Waals surface area contributed by atoms with E-state index >= 15 is 0 Å². The second kappa shape index (κ2) is 6.78. The third kappa shape index (κ3) is 3.61. The molecule has 2 rings (SSSR count). The molecular formula is C15H16O2S2. The molecule has 2 aromatic carbocycles. The van der Waals surface area contributed by atoms with E-state index < -0.39 is 0 Å². The Morgan fingerprint density at radius 3 is 1.79 bits per heavy atom. The van der Waals surface area contributed by atoms with Crippen molar-refractivity contribution in [2.45, 2.75) is 12.8 Å². The second-order valence-electron chi connectivity index (χ2n) is 4.20. The number of rotatable bonds is 5. The highest BCUT2D eigenvalue weighted by molar-refractivity contribution is 7.94. The Morgan fingerprint density at radius 2 is 1.37 bits per heavy atom. The van der Waals surface area contributed by atoms with Gasteiger partial charge in [0.25, 0.3) is 0 Å². The molecule has 4 heteroatoms. The van der Waals surface area contributed by atoms with E-state index in [1.807, 2.05) is 30.5 Å². The van der Waals surface area contributed by atoms with Gasteiger partial charge in [-0.25, -0.2) is 0 Å². The van der Waals surface area contributed by atoms with Gasteiger partial charge in [-0.15, -0.1) is 0 Å². The molecule has 0 spiro atoms. The standard InChI is InChI=1S/C15H16O2S2/c1-11(12-3-7-14(16-18)8-4-12)13-5-9-15(10-6-13)17-19-2/h3-11,18H,1-2H3. The fourth-order valence-electron chi connectivity index (χ4n) is 1.92. The second-order valence-corrected chi connectivity index (χ2v) is 4.88. The third-order valence-corrected chi connectivity index (χ3v) is 3.62. The molecule has 100 valence electrons. The summed E-state index contributed by atoms with van der Waals surface area (Å²) in [5.74, 6) is 1.96. The lowest BCUT2D eigenvalue weighted by molar-refractivity contribution is 0.649. The van der Waals surface area contributed by atoms with Crippen molar-refractivity contribution in [1.82, 2.24) is 0 Å². The molecule has 0 amide bonds. The Hall–Kier alpha value is -1.26. The number of benzene rings is 2. The predicted octanol–water partition coefficient (Wildman–Crippen LogP) is 4.72. The van der Waals surface area contributed by atoms with Gasteiger partial charge in [0.05, 0.1) is 12.0 Å². The largest absolute Gasteiger partial charge is 0.429 e. The Morgan fingerprint density at radius 1 is 0.895 bits per heavy atom. The molecule has 0 saturated carbocycles. The Kier molecular flexibility index (Phi) is 5.05. The molecule has 1 unspecified atom stereocenters. The Labute approximate surface area is 124 Å². The number of hydrogen-bond acceptors (Lipinski definition) is 4. The van der Waals surface area contributed by atoms with E-state index in [2.05, 4.69) is 44.1 Å². The lowest BCUT2D eigenvalue weighted by Gasteiger charge is -2.13. The zero-order valence-corrected chi connectivity index (χ0v) is 12.6. The highest BCUT2D eigenvalue weighted by Crippen LogP contribution is 2.27. The normalized spacial score (nSPS) is 11.9. The summed E-state index contributed by atoms with van der Waals surface area (Å²) in [4.78, 5) is 0. The molecule has 0 fully saturated rings. The van der Waals surface area contributed by atoms with Crippen molar-refractivity contribution in [2.24, 2.45) is 0 Å². The maximum absolute atomic E-state index is 5.37. The molecule has 1 atom stereocenters. The summed E-state index contributed by atoms with van der Waals surface area (Å²) in [5, 5.41) is 0. The summed E-state index contributed by atoms with van der Waals surface area (Å²) >= 11 is 5.13. The summed E-state index contributed by atoms with van der Waals surface area (Å²) < 4.78 is 10.2. The summed E-state index contributed by atoms with van der Waals surface area (Å²) in [5.41, 5.74) is 2.50. The van der Waals surface area contributed by atoms with E-state index in [4.69, 9.17) is 8.37 Å². The molecule has 0 radical (unpaired) electrons. The van der Waals surface area contributed by atoms with Gasteiger partial charge in [0.2, 0.25) is 0 Å². The third-order valence-electron chi connectivity index (χ3n) is 3.05. The molecule has 0 aliphatic carbocycles. The SMILES string of the molecule is CSOc1ccc(C(C)c2ccc(OS)cc2)cc1. The van der Waals surface area contributed by atoms with E-state index in [0.717, 1.165) is 11.5 Å². The zero-order valence-electron chi connectivity index (χ0n) is 10.9. The first-order valence-corrected chi connectivity index (χ1v) is 7.48. The van der Waals surface area contributed by atoms with Crippen molar-refractivity contribution in [3.05, 3.63) is 59.7 Å². The van der Waals surface area contributed by atoms with Crippen LogP contribution in [0.15, 0.2) is 48.5 Å². The molecule has 0 N–H and O–H groups in total. The molecule has 2 nitrogen and oxygen atoms in total. The maximum atomic E-state index is 5.37. The van der Waals surface area contributed by atoms with E-state index in [1.54, 1.807) is 0 Å². The van der Waals surface area contributed by atoms with Gasteiger partial charge in [-0.2, -0.15) is 0 Å². The van der Waals surface area contributed by atoms with Crippen LogP contribution in [-0.2, 0) is 0 Å². The molecule has 19 heavy (non-hydrogen) atoms. The Balaban J connectivity index is 2.15. The van der Waals surface area contributed by atoms with Gasteiger partial charge < -0.3 is 8.37 Å². The van der Waals surface area contributed by atoms with Crippen LogP contribution in [-0.4, -0.2) is 6.26 Å². The van der Waals surface area contributed by atoms with Gasteiger partial charge >= 0.3 is 0 Å². The van der Waals surface area contributed by atoms with Crippen LogP contribution in [0.3, 0.4) is 0 Å². The van der Waals surface area contributed by atoms with E-state index in [1.165, 1.54) is 23.2 Å². The van der Waals surface area contributed by atoms with Gasteiger partial charge in [-0.3, -0.25) is 0 Å². The highest BCUT2D eigenvalue weighted by atomic mass is 32.2. The van der Waals surface area contributed by atoms with Gasteiger partial charge in [0.15, 0.2) is 0 Å². The molecule has 0 saturated heterocycles. The van der Waals surface area contributed by atoms with Crippen LogP contribution < -0.4 is 8.37 Å². The fraction of sp³-hybridized carbons (Fsp3) is 0.200. The summed E-state index contributed by atoms with van der Waals surface area (Å²) in [7, 11) is 0. The maximum Gasteiger partial charge on any atom is 0.137 e. The van der Waals surface area contributed by atoms with Gasteiger partial charge in [-0.05, 0) is 35.4 Å². The molecule has 0 aromatic heterocycles. The average Bonchev–Trinajstić information content (AvgIpc) is 2.48. The Bertz CT molecular complexity index is 509. The minimum Gasteiger partial charge on any atom is -0.429 e. The lowest BCUT2D eigenvalue weighted by Crippen LogP contribution is -1.95. The first kappa shape index (κ1) is 14.2. The van der Waals surface area contributed by atoms with Crippen molar-refractivity contribution in [3.8, 4) is 11.5 Å². The summed E-state index contributed by atoms with van der Waals surface area (Å²) in [6, 6.07) is 16.1. The minimum atomic E-state index is 0.331. The van der Waals surface area contributed by atoms with Crippen molar-refractivity contribution < 1.29 is 8.37 Å². The van der Waals surface area contributed by atoms with Crippen molar-refractivity contribution in [2.75, 3.05) is 6.26 Å². The summed E-state index contributed by atoms with van der Waals surface area (Å²) in [6.45, 7) is 2.18. The molecule has 0 aliphatic heterocycles. The smallest absolute Gasteiger partial charge is 0.137 e. The molecule has 2 aromatic rings. The first-order valence-electron chi connectivity index (χ1n) is 5.96. The van der Waals surface area contributed by atoms with Gasteiger partial charge in [0, 0.05) is 25.1 Å². The average molecular weight is 292 g/mol. The lowest BCUT2D eigenvalue weighted by atomic mass is 9.93. The topological polar surface area (TPSA) is 18.5 Å². The van der Waals surface area contributed by atoms with Crippen LogP contribution in [0.4, 0.5) is 0 Å².